The average molecular weight is 615 g/mol. The third kappa shape index (κ3) is 8.38. The minimum atomic E-state index is -0.836. The zero-order valence-electron chi connectivity index (χ0n) is 21.0. The fourth-order valence-corrected chi connectivity index (χ4v) is 4.72. The molecular formula is C25H29BrF2N4O5S. The third-order valence-corrected chi connectivity index (χ3v) is 7.12. The fraction of sp³-hybridized carbons (Fsp3) is 0.440. The minimum Gasteiger partial charge on any atom is -0.481 e. The number of amidine groups is 1. The summed E-state index contributed by atoms with van der Waals surface area (Å²) in [5.41, 5.74) is 1.25. The number of aromatic nitrogens is 1. The highest BCUT2D eigenvalue weighted by molar-refractivity contribution is 9.10. The zero-order chi connectivity index (χ0) is 27.7. The SMILES string of the molecule is CCOC(=O)C1=C(CN2CCO[C@H](CC(C)C(=O)O)C2)NC(c2nccs2)=NC1.Fc1cccc(Br)c1F. The van der Waals surface area contributed by atoms with Crippen molar-refractivity contribution < 1.29 is 33.0 Å². The summed E-state index contributed by atoms with van der Waals surface area (Å²) in [6, 6.07) is 3.95. The smallest absolute Gasteiger partial charge is 0.337 e. The van der Waals surface area contributed by atoms with Gasteiger partial charge >= 0.3 is 11.9 Å². The van der Waals surface area contributed by atoms with Crippen LogP contribution in [0.25, 0.3) is 0 Å². The van der Waals surface area contributed by atoms with Gasteiger partial charge in [0.15, 0.2) is 22.5 Å². The van der Waals surface area contributed by atoms with Crippen LogP contribution < -0.4 is 5.32 Å². The Kier molecular flexibility index (Phi) is 11.3. The van der Waals surface area contributed by atoms with E-state index in [4.69, 9.17) is 14.6 Å². The Hall–Kier alpha value is -2.74. The second-order valence-corrected chi connectivity index (χ2v) is 10.3. The Morgan fingerprint density at radius 1 is 1.39 bits per heavy atom. The number of carboxylic acid groups (broad SMARTS) is 1. The fourth-order valence-electron chi connectivity index (χ4n) is 3.78. The topological polar surface area (TPSA) is 113 Å². The quantitative estimate of drug-likeness (QED) is 0.340. The molecule has 2 aromatic rings. The number of ether oxygens (including phenoxy) is 2. The number of carboxylic acids is 1. The lowest BCUT2D eigenvalue weighted by molar-refractivity contribution is -0.143. The number of rotatable bonds is 8. The maximum Gasteiger partial charge on any atom is 0.337 e. The number of thiazole rings is 1. The van der Waals surface area contributed by atoms with Crippen LogP contribution in [0.15, 0.2) is 50.5 Å². The van der Waals surface area contributed by atoms with Gasteiger partial charge < -0.3 is 19.9 Å². The highest BCUT2D eigenvalue weighted by Crippen LogP contribution is 2.20. The van der Waals surface area contributed by atoms with Crippen molar-refractivity contribution in [2.45, 2.75) is 26.4 Å². The van der Waals surface area contributed by atoms with Crippen molar-refractivity contribution in [2.75, 3.05) is 39.4 Å². The minimum absolute atomic E-state index is 0.155. The lowest BCUT2D eigenvalue weighted by atomic mass is 10.0. The van der Waals surface area contributed by atoms with Gasteiger partial charge in [-0.25, -0.2) is 18.6 Å². The van der Waals surface area contributed by atoms with Crippen LogP contribution >= 0.6 is 27.3 Å². The van der Waals surface area contributed by atoms with Gasteiger partial charge in [0.05, 0.1) is 41.8 Å². The number of esters is 1. The van der Waals surface area contributed by atoms with Crippen molar-refractivity contribution in [1.29, 1.82) is 0 Å². The standard InChI is InChI=1S/C19H26N4O5S.C6H3BrF2/c1-3-27-19(26)14-9-21-16(17-20-4-7-29-17)22-15(14)11-23-5-6-28-13(10-23)8-12(2)18(24)25;7-4-2-1-3-5(8)6(4)9/h4,7,12-13H,3,5-6,8-11H2,1-2H3,(H,21,22)(H,24,25);1-3H/t12?,13-;/m1./s1. The van der Waals surface area contributed by atoms with E-state index >= 15 is 0 Å². The van der Waals surface area contributed by atoms with E-state index < -0.39 is 23.5 Å². The number of aliphatic imine (C=N–C) groups is 1. The molecule has 2 atom stereocenters. The summed E-state index contributed by atoms with van der Waals surface area (Å²) in [6.45, 7) is 6.31. The van der Waals surface area contributed by atoms with Crippen molar-refractivity contribution in [1.82, 2.24) is 15.2 Å². The summed E-state index contributed by atoms with van der Waals surface area (Å²) in [7, 11) is 0. The predicted molar refractivity (Wildman–Crippen MR) is 142 cm³/mol. The molecule has 1 aromatic carbocycles. The number of hydrogen-bond acceptors (Lipinski definition) is 9. The van der Waals surface area contributed by atoms with Gasteiger partial charge in [0.2, 0.25) is 0 Å². The van der Waals surface area contributed by atoms with Gasteiger partial charge in [-0.2, -0.15) is 0 Å². The van der Waals surface area contributed by atoms with Crippen LogP contribution in [-0.2, 0) is 19.1 Å². The molecule has 0 radical (unpaired) electrons. The molecule has 1 saturated heterocycles. The Morgan fingerprint density at radius 3 is 2.82 bits per heavy atom. The van der Waals surface area contributed by atoms with Crippen LogP contribution in [-0.4, -0.2) is 78.3 Å². The summed E-state index contributed by atoms with van der Waals surface area (Å²) in [6.07, 6.45) is 2.01. The second kappa shape index (κ2) is 14.4. The molecule has 0 bridgehead atoms. The Bertz CT molecular complexity index is 1160. The number of nitrogens with zero attached hydrogens (tertiary/aromatic N) is 3. The summed E-state index contributed by atoms with van der Waals surface area (Å²) >= 11 is 4.31. The first-order valence-electron chi connectivity index (χ1n) is 12.0. The van der Waals surface area contributed by atoms with Gasteiger partial charge in [0.25, 0.3) is 0 Å². The van der Waals surface area contributed by atoms with Crippen LogP contribution in [0.1, 0.15) is 25.3 Å². The molecule has 206 valence electrons. The van der Waals surface area contributed by atoms with Crippen molar-refractivity contribution in [3.05, 3.63) is 62.2 Å². The first-order valence-corrected chi connectivity index (χ1v) is 13.6. The molecule has 13 heteroatoms. The number of aliphatic carboxylic acids is 1. The molecule has 2 aliphatic rings. The summed E-state index contributed by atoms with van der Waals surface area (Å²) < 4.78 is 35.6. The molecule has 4 rings (SSSR count). The third-order valence-electron chi connectivity index (χ3n) is 5.73. The number of halogens is 3. The van der Waals surface area contributed by atoms with E-state index in [0.717, 1.165) is 16.8 Å². The molecule has 3 heterocycles. The summed E-state index contributed by atoms with van der Waals surface area (Å²) in [5, 5.41) is 15.1. The lowest BCUT2D eigenvalue weighted by Gasteiger charge is -2.35. The van der Waals surface area contributed by atoms with Crippen LogP contribution in [0, 0.1) is 17.6 Å². The highest BCUT2D eigenvalue weighted by atomic mass is 79.9. The molecular weight excluding hydrogens is 586 g/mol. The molecule has 38 heavy (non-hydrogen) atoms. The largest absolute Gasteiger partial charge is 0.481 e. The first-order chi connectivity index (χ1) is 18.2. The summed E-state index contributed by atoms with van der Waals surface area (Å²) in [4.78, 5) is 34.5. The van der Waals surface area contributed by atoms with Gasteiger partial charge in [-0.1, -0.05) is 13.0 Å². The second-order valence-electron chi connectivity index (χ2n) is 8.54. The normalized spacial score (nSPS) is 18.6. The molecule has 1 aromatic heterocycles. The molecule has 2 aliphatic heterocycles. The highest BCUT2D eigenvalue weighted by Gasteiger charge is 2.29. The Morgan fingerprint density at radius 2 is 2.18 bits per heavy atom. The van der Waals surface area contributed by atoms with Gasteiger partial charge in [-0.15, -0.1) is 11.3 Å². The lowest BCUT2D eigenvalue weighted by Crippen LogP contribution is -2.47. The molecule has 0 aliphatic carbocycles. The molecule has 0 amide bonds. The predicted octanol–water partition coefficient (Wildman–Crippen LogP) is 3.85. The van der Waals surface area contributed by atoms with Crippen molar-refractivity contribution >= 4 is 45.0 Å². The average Bonchev–Trinajstić information content (AvgIpc) is 3.43. The van der Waals surface area contributed by atoms with Crippen LogP contribution in [0.5, 0.6) is 0 Å². The molecule has 9 nitrogen and oxygen atoms in total. The van der Waals surface area contributed by atoms with E-state index in [-0.39, 0.29) is 23.1 Å². The number of nitrogens with one attached hydrogen (secondary N) is 1. The zero-order valence-corrected chi connectivity index (χ0v) is 23.4. The van der Waals surface area contributed by atoms with Gasteiger partial charge in [0.1, 0.15) is 0 Å². The summed E-state index contributed by atoms with van der Waals surface area (Å²) in [5.74, 6) is -2.68. The van der Waals surface area contributed by atoms with E-state index in [1.165, 1.54) is 23.5 Å². The van der Waals surface area contributed by atoms with Crippen molar-refractivity contribution in [3.63, 3.8) is 0 Å². The van der Waals surface area contributed by atoms with E-state index in [0.29, 0.717) is 50.7 Å². The monoisotopic (exact) mass is 614 g/mol. The van der Waals surface area contributed by atoms with E-state index in [1.807, 2.05) is 5.38 Å². The molecule has 0 saturated carbocycles. The van der Waals surface area contributed by atoms with Gasteiger partial charge in [-0.05, 0) is 41.4 Å². The van der Waals surface area contributed by atoms with Crippen LogP contribution in [0.3, 0.4) is 0 Å². The van der Waals surface area contributed by atoms with E-state index in [1.54, 1.807) is 20.0 Å². The van der Waals surface area contributed by atoms with Crippen LogP contribution in [0.4, 0.5) is 8.78 Å². The maximum absolute atomic E-state index is 12.4. The van der Waals surface area contributed by atoms with Crippen molar-refractivity contribution in [3.8, 4) is 0 Å². The maximum atomic E-state index is 12.4. The molecule has 0 spiro atoms. The number of carbonyl (C=O) groups is 2. The van der Waals surface area contributed by atoms with E-state index in [9.17, 15) is 18.4 Å². The number of benzene rings is 1. The van der Waals surface area contributed by atoms with Crippen molar-refractivity contribution in [2.24, 2.45) is 10.9 Å². The number of morpholine rings is 1. The molecule has 1 fully saturated rings. The van der Waals surface area contributed by atoms with E-state index in [2.05, 4.69) is 36.1 Å². The van der Waals surface area contributed by atoms with Crippen LogP contribution in [0.2, 0.25) is 0 Å². The molecule has 2 N–H and O–H groups in total. The van der Waals surface area contributed by atoms with Gasteiger partial charge in [0, 0.05) is 36.9 Å². The first kappa shape index (κ1) is 29.8. The number of hydrogen-bond donors (Lipinski definition) is 2. The Labute approximate surface area is 231 Å². The van der Waals surface area contributed by atoms with Gasteiger partial charge in [-0.3, -0.25) is 14.7 Å². The Balaban J connectivity index is 0.000000375. The number of carbonyl (C=O) groups excluding carboxylic acids is 1. The molecule has 1 unspecified atom stereocenters.